The lowest BCUT2D eigenvalue weighted by Crippen LogP contribution is -2.37. The van der Waals surface area contributed by atoms with E-state index in [-0.39, 0.29) is 6.04 Å². The first kappa shape index (κ1) is 14.6. The number of halogens is 2. The number of aryl methyl sites for hydroxylation is 1. The van der Waals surface area contributed by atoms with Crippen LogP contribution in [0.1, 0.15) is 17.5 Å². The molecular weight excluding hydrogens is 258 g/mol. The normalized spacial score (nSPS) is 12.3. The van der Waals surface area contributed by atoms with E-state index in [1.54, 1.807) is 0 Å². The van der Waals surface area contributed by atoms with Gasteiger partial charge in [0.2, 0.25) is 0 Å². The Morgan fingerprint density at radius 1 is 1.05 bits per heavy atom. The second kappa shape index (κ2) is 7.12. The first-order valence-corrected chi connectivity index (χ1v) is 6.63. The highest BCUT2D eigenvalue weighted by Gasteiger charge is 2.11. The van der Waals surface area contributed by atoms with Gasteiger partial charge in [0.05, 0.1) is 0 Å². The molecule has 0 aliphatic carbocycles. The zero-order valence-corrected chi connectivity index (χ0v) is 11.2. The molecule has 0 aliphatic heterocycles. The fraction of sp³-hybridized carbons (Fsp3) is 0.250. The van der Waals surface area contributed by atoms with Crippen molar-refractivity contribution in [1.29, 1.82) is 0 Å². The van der Waals surface area contributed by atoms with Crippen LogP contribution >= 0.6 is 0 Å². The first-order valence-electron chi connectivity index (χ1n) is 6.63. The maximum absolute atomic E-state index is 13.6. The zero-order valence-electron chi connectivity index (χ0n) is 11.2. The molecule has 2 aromatic carbocycles. The molecular formula is C16H18F2N2. The Morgan fingerprint density at radius 3 is 2.45 bits per heavy atom. The largest absolute Gasteiger partial charge is 0.271 e. The molecule has 20 heavy (non-hydrogen) atoms. The Kier molecular flexibility index (Phi) is 5.21. The molecule has 0 heterocycles. The van der Waals surface area contributed by atoms with E-state index in [9.17, 15) is 8.78 Å². The standard InChI is InChI=1S/C16H18F2N2/c17-14-8-7-13(16(18)11-14)10-15(20-19)9-6-12-4-2-1-3-5-12/h1-5,7-8,11,15,20H,6,9-10,19H2. The van der Waals surface area contributed by atoms with Crippen molar-refractivity contribution in [2.24, 2.45) is 5.84 Å². The van der Waals surface area contributed by atoms with Crippen LogP contribution in [0.5, 0.6) is 0 Å². The van der Waals surface area contributed by atoms with Crippen LogP contribution in [0.25, 0.3) is 0 Å². The molecule has 0 saturated carbocycles. The maximum atomic E-state index is 13.6. The van der Waals surface area contributed by atoms with Crippen molar-refractivity contribution in [2.45, 2.75) is 25.3 Å². The molecule has 1 unspecified atom stereocenters. The van der Waals surface area contributed by atoms with Gasteiger partial charge in [-0.3, -0.25) is 11.3 Å². The molecule has 0 fully saturated rings. The van der Waals surface area contributed by atoms with Crippen LogP contribution in [0.4, 0.5) is 8.78 Å². The molecule has 0 radical (unpaired) electrons. The molecule has 0 bridgehead atoms. The third-order valence-corrected chi connectivity index (χ3v) is 3.34. The van der Waals surface area contributed by atoms with Gasteiger partial charge in [-0.05, 0) is 36.5 Å². The van der Waals surface area contributed by atoms with Crippen molar-refractivity contribution in [2.75, 3.05) is 0 Å². The van der Waals surface area contributed by atoms with E-state index in [0.717, 1.165) is 18.9 Å². The van der Waals surface area contributed by atoms with Gasteiger partial charge in [-0.15, -0.1) is 0 Å². The number of hydrazine groups is 1. The van der Waals surface area contributed by atoms with Crippen LogP contribution in [0.15, 0.2) is 48.5 Å². The second-order valence-corrected chi connectivity index (χ2v) is 4.83. The fourth-order valence-corrected chi connectivity index (χ4v) is 2.18. The monoisotopic (exact) mass is 276 g/mol. The molecule has 3 N–H and O–H groups in total. The van der Waals surface area contributed by atoms with Gasteiger partial charge in [-0.25, -0.2) is 8.78 Å². The molecule has 2 nitrogen and oxygen atoms in total. The quantitative estimate of drug-likeness (QED) is 0.629. The number of rotatable bonds is 6. The van der Waals surface area contributed by atoms with Crippen LogP contribution in [-0.4, -0.2) is 6.04 Å². The number of nitrogens with two attached hydrogens (primary N) is 1. The highest BCUT2D eigenvalue weighted by atomic mass is 19.1. The average Bonchev–Trinajstić information content (AvgIpc) is 2.46. The zero-order chi connectivity index (χ0) is 14.4. The van der Waals surface area contributed by atoms with Gasteiger partial charge in [0.15, 0.2) is 0 Å². The summed E-state index contributed by atoms with van der Waals surface area (Å²) in [5.74, 6) is 4.43. The smallest absolute Gasteiger partial charge is 0.129 e. The van der Waals surface area contributed by atoms with Crippen LogP contribution in [0.2, 0.25) is 0 Å². The topological polar surface area (TPSA) is 38.0 Å². The molecule has 2 aromatic rings. The van der Waals surface area contributed by atoms with Crippen molar-refractivity contribution in [1.82, 2.24) is 5.43 Å². The van der Waals surface area contributed by atoms with Crippen LogP contribution < -0.4 is 11.3 Å². The van der Waals surface area contributed by atoms with Gasteiger partial charge >= 0.3 is 0 Å². The lowest BCUT2D eigenvalue weighted by Gasteiger charge is -2.16. The van der Waals surface area contributed by atoms with Crippen molar-refractivity contribution >= 4 is 0 Å². The van der Waals surface area contributed by atoms with Gasteiger partial charge in [-0.1, -0.05) is 36.4 Å². The van der Waals surface area contributed by atoms with Gasteiger partial charge in [0.25, 0.3) is 0 Å². The van der Waals surface area contributed by atoms with Crippen LogP contribution in [0.3, 0.4) is 0 Å². The molecule has 0 saturated heterocycles. The van der Waals surface area contributed by atoms with Crippen molar-refractivity contribution in [3.8, 4) is 0 Å². The van der Waals surface area contributed by atoms with E-state index in [0.29, 0.717) is 12.0 Å². The lowest BCUT2D eigenvalue weighted by molar-refractivity contribution is 0.478. The summed E-state index contributed by atoms with van der Waals surface area (Å²) in [6.07, 6.45) is 2.09. The van der Waals surface area contributed by atoms with Crippen LogP contribution in [0, 0.1) is 11.6 Å². The summed E-state index contributed by atoms with van der Waals surface area (Å²) in [5, 5.41) is 0. The average molecular weight is 276 g/mol. The summed E-state index contributed by atoms with van der Waals surface area (Å²) in [4.78, 5) is 0. The maximum Gasteiger partial charge on any atom is 0.129 e. The minimum atomic E-state index is -0.562. The Morgan fingerprint density at radius 2 is 1.80 bits per heavy atom. The summed E-state index contributed by atoms with van der Waals surface area (Å²) in [7, 11) is 0. The highest BCUT2D eigenvalue weighted by molar-refractivity contribution is 5.20. The molecule has 0 spiro atoms. The van der Waals surface area contributed by atoms with E-state index in [4.69, 9.17) is 5.84 Å². The summed E-state index contributed by atoms with van der Waals surface area (Å²) < 4.78 is 26.5. The molecule has 106 valence electrons. The molecule has 0 aliphatic rings. The third kappa shape index (κ3) is 4.11. The molecule has 2 rings (SSSR count). The van der Waals surface area contributed by atoms with E-state index in [1.807, 2.05) is 30.3 Å². The van der Waals surface area contributed by atoms with Gasteiger partial charge in [-0.2, -0.15) is 0 Å². The van der Waals surface area contributed by atoms with Gasteiger partial charge < -0.3 is 0 Å². The van der Waals surface area contributed by atoms with E-state index in [2.05, 4.69) is 5.43 Å². The Bertz CT molecular complexity index is 543. The lowest BCUT2D eigenvalue weighted by atomic mass is 9.99. The summed E-state index contributed by atoms with van der Waals surface area (Å²) in [6.45, 7) is 0. The first-order chi connectivity index (χ1) is 9.69. The van der Waals surface area contributed by atoms with Gasteiger partial charge in [0.1, 0.15) is 11.6 Å². The molecule has 0 amide bonds. The Balaban J connectivity index is 1.95. The van der Waals surface area contributed by atoms with E-state index in [1.165, 1.54) is 17.7 Å². The third-order valence-electron chi connectivity index (χ3n) is 3.34. The number of nitrogens with one attached hydrogen (secondary N) is 1. The predicted molar refractivity (Wildman–Crippen MR) is 75.9 cm³/mol. The number of hydrogen-bond acceptors (Lipinski definition) is 2. The fourth-order valence-electron chi connectivity index (χ4n) is 2.18. The minimum absolute atomic E-state index is 0.0461. The minimum Gasteiger partial charge on any atom is -0.271 e. The highest BCUT2D eigenvalue weighted by Crippen LogP contribution is 2.14. The second-order valence-electron chi connectivity index (χ2n) is 4.83. The van der Waals surface area contributed by atoms with Crippen molar-refractivity contribution in [3.05, 3.63) is 71.3 Å². The predicted octanol–water partition coefficient (Wildman–Crippen LogP) is 2.97. The summed E-state index contributed by atoms with van der Waals surface area (Å²) >= 11 is 0. The summed E-state index contributed by atoms with van der Waals surface area (Å²) in [5.41, 5.74) is 4.39. The van der Waals surface area contributed by atoms with E-state index < -0.39 is 11.6 Å². The number of benzene rings is 2. The van der Waals surface area contributed by atoms with Crippen molar-refractivity contribution in [3.63, 3.8) is 0 Å². The van der Waals surface area contributed by atoms with Crippen molar-refractivity contribution < 1.29 is 8.78 Å². The van der Waals surface area contributed by atoms with Crippen LogP contribution in [-0.2, 0) is 12.8 Å². The SMILES string of the molecule is NNC(CCc1ccccc1)Cc1ccc(F)cc1F. The summed E-state index contributed by atoms with van der Waals surface area (Å²) in [6, 6.07) is 13.6. The number of hydrogen-bond donors (Lipinski definition) is 2. The molecule has 4 heteroatoms. The Hall–Kier alpha value is -1.78. The van der Waals surface area contributed by atoms with Gasteiger partial charge in [0, 0.05) is 12.1 Å². The van der Waals surface area contributed by atoms with E-state index >= 15 is 0 Å². The molecule has 1 atom stereocenters. The Labute approximate surface area is 117 Å². The molecule has 0 aromatic heterocycles.